The van der Waals surface area contributed by atoms with Crippen molar-refractivity contribution in [2.24, 2.45) is 5.92 Å². The van der Waals surface area contributed by atoms with Crippen LogP contribution in [0.25, 0.3) is 0 Å². The number of aromatic hydroxyl groups is 1. The normalized spacial score (nSPS) is 14.6. The van der Waals surface area contributed by atoms with Crippen LogP contribution in [0.2, 0.25) is 0 Å². The fourth-order valence-electron chi connectivity index (χ4n) is 2.86. The molecule has 7 nitrogen and oxygen atoms in total. The first-order chi connectivity index (χ1) is 12.7. The third-order valence-corrected chi connectivity index (χ3v) is 4.72. The van der Waals surface area contributed by atoms with Crippen molar-refractivity contribution in [2.75, 3.05) is 21.3 Å². The van der Waals surface area contributed by atoms with Crippen LogP contribution >= 0.6 is 15.9 Å². The Hall–Kier alpha value is -1.51. The summed E-state index contributed by atoms with van der Waals surface area (Å²) in [7, 11) is 4.15. The molecule has 0 fully saturated rings. The summed E-state index contributed by atoms with van der Waals surface area (Å²) in [5.41, 5.74) is 0.581. The number of carbonyl (C=O) groups excluding carboxylic acids is 1. The molecular formula is C19H29BrO7. The highest BCUT2D eigenvalue weighted by molar-refractivity contribution is 9.10. The number of benzene rings is 1. The molecule has 0 bridgehead atoms. The third-order valence-electron chi connectivity index (χ3n) is 4.12. The summed E-state index contributed by atoms with van der Waals surface area (Å²) in [5, 5.41) is 20.5. The molecule has 1 aromatic rings. The van der Waals surface area contributed by atoms with Gasteiger partial charge in [0.2, 0.25) is 0 Å². The topological polar surface area (TPSA) is 94.5 Å². The number of hydrogen-bond donors (Lipinski definition) is 2. The largest absolute Gasteiger partial charge is 0.506 e. The van der Waals surface area contributed by atoms with Crippen LogP contribution in [0.3, 0.4) is 0 Å². The summed E-state index contributed by atoms with van der Waals surface area (Å²) in [5.74, 6) is 0.257. The van der Waals surface area contributed by atoms with Gasteiger partial charge in [-0.05, 0) is 48.5 Å². The maximum atomic E-state index is 11.6. The second-order valence-electron chi connectivity index (χ2n) is 6.67. The zero-order valence-corrected chi connectivity index (χ0v) is 18.2. The molecule has 27 heavy (non-hydrogen) atoms. The monoisotopic (exact) mass is 448 g/mol. The summed E-state index contributed by atoms with van der Waals surface area (Å²) in [4.78, 5) is 11.6. The van der Waals surface area contributed by atoms with Gasteiger partial charge in [0.25, 0.3) is 0 Å². The number of hydrogen-bond acceptors (Lipinski definition) is 7. The molecule has 8 heteroatoms. The lowest BCUT2D eigenvalue weighted by Crippen LogP contribution is -2.37. The summed E-state index contributed by atoms with van der Waals surface area (Å²) in [6.45, 7) is 5.73. The summed E-state index contributed by atoms with van der Waals surface area (Å²) >= 11 is 3.34. The minimum absolute atomic E-state index is 0.0461. The van der Waals surface area contributed by atoms with Crippen LogP contribution in [0.4, 0.5) is 0 Å². The van der Waals surface area contributed by atoms with Crippen molar-refractivity contribution >= 4 is 21.9 Å². The number of phenolic OH excluding ortho intramolecular Hbond substituents is 1. The van der Waals surface area contributed by atoms with Gasteiger partial charge in [0.1, 0.15) is 5.75 Å². The molecule has 0 spiro atoms. The molecule has 0 aliphatic heterocycles. The van der Waals surface area contributed by atoms with Crippen LogP contribution < -0.4 is 9.47 Å². The van der Waals surface area contributed by atoms with E-state index in [1.807, 2.05) is 20.8 Å². The predicted molar refractivity (Wildman–Crippen MR) is 104 cm³/mol. The molecule has 2 N–H and O–H groups in total. The molecule has 1 aromatic carbocycles. The molecule has 0 saturated heterocycles. The van der Waals surface area contributed by atoms with Crippen LogP contribution in [-0.4, -0.2) is 55.8 Å². The van der Waals surface area contributed by atoms with E-state index in [9.17, 15) is 15.0 Å². The molecule has 0 aliphatic carbocycles. The molecule has 0 heterocycles. The fraction of sp³-hybridized carbons (Fsp3) is 0.632. The molecular weight excluding hydrogens is 420 g/mol. The van der Waals surface area contributed by atoms with Crippen molar-refractivity contribution in [3.05, 3.63) is 16.1 Å². The van der Waals surface area contributed by atoms with Crippen molar-refractivity contribution in [1.82, 2.24) is 0 Å². The van der Waals surface area contributed by atoms with E-state index in [1.165, 1.54) is 21.3 Å². The van der Waals surface area contributed by atoms with E-state index in [0.29, 0.717) is 34.4 Å². The number of carbonyl (C=O) groups is 1. The van der Waals surface area contributed by atoms with Crippen LogP contribution in [0, 0.1) is 5.92 Å². The van der Waals surface area contributed by atoms with Gasteiger partial charge >= 0.3 is 5.97 Å². The molecule has 1 rings (SSSR count). The average molecular weight is 449 g/mol. The highest BCUT2D eigenvalue weighted by atomic mass is 79.9. The number of methoxy groups -OCH3 is 3. The molecule has 0 unspecified atom stereocenters. The van der Waals surface area contributed by atoms with Gasteiger partial charge < -0.3 is 29.2 Å². The van der Waals surface area contributed by atoms with Crippen molar-refractivity contribution in [3.63, 3.8) is 0 Å². The smallest absolute Gasteiger partial charge is 0.337 e. The van der Waals surface area contributed by atoms with Crippen molar-refractivity contribution in [1.29, 1.82) is 0 Å². The number of aliphatic hydroxyl groups excluding tert-OH is 1. The second kappa shape index (κ2) is 10.7. The van der Waals surface area contributed by atoms with Gasteiger partial charge in [-0.1, -0.05) is 6.92 Å². The first kappa shape index (κ1) is 23.5. The second-order valence-corrected chi connectivity index (χ2v) is 7.53. The highest BCUT2D eigenvalue weighted by Gasteiger charge is 2.29. The van der Waals surface area contributed by atoms with Gasteiger partial charge in [-0.15, -0.1) is 0 Å². The van der Waals surface area contributed by atoms with E-state index in [2.05, 4.69) is 20.7 Å². The maximum Gasteiger partial charge on any atom is 0.337 e. The third kappa shape index (κ3) is 6.26. The molecule has 0 aromatic heterocycles. The number of phenols is 1. The summed E-state index contributed by atoms with van der Waals surface area (Å²) < 4.78 is 21.6. The lowest BCUT2D eigenvalue weighted by atomic mass is 9.92. The highest BCUT2D eigenvalue weighted by Crippen LogP contribution is 2.44. The van der Waals surface area contributed by atoms with E-state index >= 15 is 0 Å². The first-order valence-electron chi connectivity index (χ1n) is 8.69. The number of halogens is 1. The van der Waals surface area contributed by atoms with Crippen LogP contribution in [0.15, 0.2) is 10.5 Å². The Labute approximate surface area is 168 Å². The minimum atomic E-state index is -1.37. The molecule has 154 valence electrons. The lowest BCUT2D eigenvalue weighted by molar-refractivity contribution is -0.158. The van der Waals surface area contributed by atoms with E-state index in [4.69, 9.17) is 14.2 Å². The molecule has 3 atom stereocenters. The quantitative estimate of drug-likeness (QED) is 0.531. The van der Waals surface area contributed by atoms with Crippen LogP contribution in [0.1, 0.15) is 32.8 Å². The number of rotatable bonds is 10. The minimum Gasteiger partial charge on any atom is -0.506 e. The predicted octanol–water partition coefficient (Wildman–Crippen LogP) is 3.07. The fourth-order valence-corrected chi connectivity index (χ4v) is 3.31. The van der Waals surface area contributed by atoms with E-state index in [0.717, 1.165) is 0 Å². The van der Waals surface area contributed by atoms with Crippen LogP contribution in [-0.2, 0) is 20.7 Å². The van der Waals surface area contributed by atoms with E-state index in [1.54, 1.807) is 6.07 Å². The Bertz CT molecular complexity index is 633. The van der Waals surface area contributed by atoms with Gasteiger partial charge in [-0.25, -0.2) is 4.79 Å². The van der Waals surface area contributed by atoms with Gasteiger partial charge in [0.05, 0.1) is 30.9 Å². The number of aliphatic hydroxyl groups is 1. The van der Waals surface area contributed by atoms with E-state index in [-0.39, 0.29) is 17.8 Å². The van der Waals surface area contributed by atoms with E-state index < -0.39 is 18.2 Å². The molecule has 0 amide bonds. The van der Waals surface area contributed by atoms with Crippen LogP contribution in [0.5, 0.6) is 17.2 Å². The Morgan fingerprint density at radius 2 is 1.85 bits per heavy atom. The average Bonchev–Trinajstić information content (AvgIpc) is 2.62. The Balaban J connectivity index is 3.08. The summed E-state index contributed by atoms with van der Waals surface area (Å²) in [6, 6.07) is 1.67. The Morgan fingerprint density at radius 3 is 2.33 bits per heavy atom. The Kier molecular flexibility index (Phi) is 9.35. The van der Waals surface area contributed by atoms with Crippen molar-refractivity contribution < 1.29 is 34.0 Å². The van der Waals surface area contributed by atoms with Gasteiger partial charge in [-0.3, -0.25) is 0 Å². The zero-order valence-electron chi connectivity index (χ0n) is 16.6. The standard InChI is InChI=1S/C19H29BrO7/c1-10(2)27-15-9-13(20)16(21)12(18(15)25-5)7-11(3)8-14(24-4)17(22)19(23)26-6/h9-11,14,17,21-22H,7-8H2,1-6H3/t11-,14+,17+/m1/s1. The zero-order chi connectivity index (χ0) is 20.7. The number of ether oxygens (including phenoxy) is 4. The molecule has 0 radical (unpaired) electrons. The van der Waals surface area contributed by atoms with Crippen molar-refractivity contribution in [2.45, 2.75) is 51.9 Å². The summed E-state index contributed by atoms with van der Waals surface area (Å²) in [6.07, 6.45) is -1.35. The maximum absolute atomic E-state index is 11.6. The lowest BCUT2D eigenvalue weighted by Gasteiger charge is -2.24. The first-order valence-corrected chi connectivity index (χ1v) is 9.49. The van der Waals surface area contributed by atoms with Crippen molar-refractivity contribution in [3.8, 4) is 17.2 Å². The van der Waals surface area contributed by atoms with Gasteiger partial charge in [0, 0.05) is 18.7 Å². The van der Waals surface area contributed by atoms with Gasteiger partial charge in [-0.2, -0.15) is 0 Å². The number of esters is 1. The SMILES string of the molecule is COC(=O)[C@@H](O)[C@H](C[C@H](C)Cc1c(O)c(Br)cc(OC(C)C)c1OC)OC. The Morgan fingerprint density at radius 1 is 1.22 bits per heavy atom. The molecule has 0 saturated carbocycles. The molecule has 0 aliphatic rings. The van der Waals surface area contributed by atoms with Gasteiger partial charge in [0.15, 0.2) is 17.6 Å².